The van der Waals surface area contributed by atoms with Gasteiger partial charge in [-0.2, -0.15) is 0 Å². The van der Waals surface area contributed by atoms with Gasteiger partial charge in [-0.3, -0.25) is 9.59 Å². The molecule has 422 valence electrons. The summed E-state index contributed by atoms with van der Waals surface area (Å²) in [5, 5.41) is 23.4. The quantitative estimate of drug-likeness (QED) is 0.0320. The van der Waals surface area contributed by atoms with Crippen molar-refractivity contribution in [2.75, 3.05) is 13.2 Å². The minimum absolute atomic E-state index is 0.0230. The SMILES string of the molecule is CCCCC/C=C\C/C=C\CCCCCCCCCC(=O)OCCCCC/C=C\C/C=C\CCCCCCCCCC(=O)NC(CO)C(O)CCCCCCCCCCCCCCCCCCCCCCC. The summed E-state index contributed by atoms with van der Waals surface area (Å²) >= 11 is 0. The first-order valence-electron chi connectivity index (χ1n) is 31.9. The lowest BCUT2D eigenvalue weighted by molar-refractivity contribution is -0.143. The van der Waals surface area contributed by atoms with Gasteiger partial charge in [-0.05, 0) is 96.3 Å². The van der Waals surface area contributed by atoms with Crippen molar-refractivity contribution < 1.29 is 24.5 Å². The van der Waals surface area contributed by atoms with Gasteiger partial charge in [0.25, 0.3) is 0 Å². The second kappa shape index (κ2) is 61.4. The zero-order valence-electron chi connectivity index (χ0n) is 48.2. The Morgan fingerprint density at radius 1 is 0.389 bits per heavy atom. The number of hydrogen-bond acceptors (Lipinski definition) is 5. The molecule has 0 heterocycles. The highest BCUT2D eigenvalue weighted by Crippen LogP contribution is 2.17. The van der Waals surface area contributed by atoms with Crippen LogP contribution in [0.25, 0.3) is 0 Å². The van der Waals surface area contributed by atoms with Crippen LogP contribution in [0.15, 0.2) is 48.6 Å². The molecule has 0 aliphatic rings. The van der Waals surface area contributed by atoms with Crippen molar-refractivity contribution in [2.45, 2.75) is 347 Å². The third-order valence-corrected chi connectivity index (χ3v) is 14.6. The molecule has 0 saturated heterocycles. The maximum Gasteiger partial charge on any atom is 0.305 e. The van der Waals surface area contributed by atoms with Gasteiger partial charge in [-0.1, -0.05) is 274 Å². The van der Waals surface area contributed by atoms with Gasteiger partial charge in [0.15, 0.2) is 0 Å². The van der Waals surface area contributed by atoms with Crippen molar-refractivity contribution in [1.29, 1.82) is 0 Å². The average molecular weight is 1010 g/mol. The molecular weight excluding hydrogens is 887 g/mol. The van der Waals surface area contributed by atoms with Gasteiger partial charge in [-0.25, -0.2) is 0 Å². The Morgan fingerprint density at radius 2 is 0.694 bits per heavy atom. The maximum absolute atomic E-state index is 12.5. The summed E-state index contributed by atoms with van der Waals surface area (Å²) in [4.78, 5) is 24.6. The lowest BCUT2D eigenvalue weighted by atomic mass is 10.0. The van der Waals surface area contributed by atoms with Gasteiger partial charge in [-0.15, -0.1) is 0 Å². The minimum Gasteiger partial charge on any atom is -0.466 e. The number of allylic oxidation sites excluding steroid dienone is 8. The molecule has 2 unspecified atom stereocenters. The first-order chi connectivity index (χ1) is 35.5. The van der Waals surface area contributed by atoms with Crippen molar-refractivity contribution in [3.63, 3.8) is 0 Å². The van der Waals surface area contributed by atoms with E-state index in [0.29, 0.717) is 25.9 Å². The number of carbonyl (C=O) groups is 2. The molecule has 0 radical (unpaired) electrons. The Kier molecular flexibility index (Phi) is 59.5. The number of esters is 1. The number of ether oxygens (including phenoxy) is 1. The normalized spacial score (nSPS) is 12.9. The van der Waals surface area contributed by atoms with Crippen molar-refractivity contribution in [3.05, 3.63) is 48.6 Å². The summed E-state index contributed by atoms with van der Waals surface area (Å²) in [7, 11) is 0. The lowest BCUT2D eigenvalue weighted by Gasteiger charge is -2.22. The molecule has 6 heteroatoms. The van der Waals surface area contributed by atoms with E-state index >= 15 is 0 Å². The van der Waals surface area contributed by atoms with Crippen LogP contribution in [0, 0.1) is 0 Å². The van der Waals surface area contributed by atoms with E-state index < -0.39 is 12.1 Å². The first-order valence-corrected chi connectivity index (χ1v) is 31.9. The molecule has 0 bridgehead atoms. The van der Waals surface area contributed by atoms with Crippen molar-refractivity contribution in [2.24, 2.45) is 0 Å². The molecule has 72 heavy (non-hydrogen) atoms. The van der Waals surface area contributed by atoms with E-state index in [0.717, 1.165) is 89.9 Å². The average Bonchev–Trinajstić information content (AvgIpc) is 3.38. The minimum atomic E-state index is -0.677. The Morgan fingerprint density at radius 3 is 1.08 bits per heavy atom. The van der Waals surface area contributed by atoms with Crippen LogP contribution in [0.4, 0.5) is 0 Å². The highest BCUT2D eigenvalue weighted by molar-refractivity contribution is 5.76. The largest absolute Gasteiger partial charge is 0.466 e. The molecular formula is C66H123NO5. The van der Waals surface area contributed by atoms with E-state index in [1.54, 1.807) is 0 Å². The fourth-order valence-corrected chi connectivity index (χ4v) is 9.70. The van der Waals surface area contributed by atoms with E-state index in [9.17, 15) is 19.8 Å². The van der Waals surface area contributed by atoms with Gasteiger partial charge in [0.1, 0.15) is 0 Å². The highest BCUT2D eigenvalue weighted by atomic mass is 16.5. The molecule has 0 fully saturated rings. The van der Waals surface area contributed by atoms with Crippen LogP contribution in [0.3, 0.4) is 0 Å². The third-order valence-electron chi connectivity index (χ3n) is 14.6. The van der Waals surface area contributed by atoms with Gasteiger partial charge >= 0.3 is 5.97 Å². The molecule has 2 atom stereocenters. The van der Waals surface area contributed by atoms with Gasteiger partial charge in [0.2, 0.25) is 5.91 Å². The van der Waals surface area contributed by atoms with Crippen LogP contribution < -0.4 is 5.32 Å². The number of carbonyl (C=O) groups excluding carboxylic acids is 2. The second-order valence-electron chi connectivity index (χ2n) is 21.7. The molecule has 0 rings (SSSR count). The third kappa shape index (κ3) is 57.1. The monoisotopic (exact) mass is 1010 g/mol. The molecule has 3 N–H and O–H groups in total. The molecule has 0 saturated carbocycles. The Bertz CT molecular complexity index is 1210. The Balaban J connectivity index is 3.49. The molecule has 0 spiro atoms. The van der Waals surface area contributed by atoms with Crippen LogP contribution in [-0.4, -0.2) is 47.4 Å². The lowest BCUT2D eigenvalue weighted by Crippen LogP contribution is -2.45. The van der Waals surface area contributed by atoms with E-state index in [1.165, 1.54) is 212 Å². The van der Waals surface area contributed by atoms with E-state index in [2.05, 4.69) is 67.8 Å². The van der Waals surface area contributed by atoms with Gasteiger partial charge < -0.3 is 20.3 Å². The topological polar surface area (TPSA) is 95.9 Å². The summed E-state index contributed by atoms with van der Waals surface area (Å²) in [5.74, 6) is -0.0721. The van der Waals surface area contributed by atoms with Crippen LogP contribution in [0.1, 0.15) is 335 Å². The summed E-state index contributed by atoms with van der Waals surface area (Å²) in [5.41, 5.74) is 0. The first kappa shape index (κ1) is 69.8. The standard InChI is InChI=1S/C66H123NO5/c1-3-5-7-9-11-13-15-17-19-21-22-23-24-27-30-34-38-42-46-50-54-58-64(69)63(62-68)67-65(70)59-55-51-47-43-39-35-31-28-25-29-33-37-41-45-49-53-57-61-72-66(71)60-56-52-48-44-40-36-32-26-20-18-16-14-12-10-8-6-4-2/h12,14,18,20,25,29,37,41,63-64,68-69H,3-11,13,15-17,19,21-24,26-28,30-36,38-40,42-62H2,1-2H3,(H,67,70)/b14-12-,20-18-,29-25-,41-37-. The van der Waals surface area contributed by atoms with E-state index in [-0.39, 0.29) is 18.5 Å². The fraction of sp³-hybridized carbons (Fsp3) is 0.848. The number of nitrogens with one attached hydrogen (secondary N) is 1. The number of aliphatic hydroxyl groups is 2. The van der Waals surface area contributed by atoms with Crippen LogP contribution in [0.5, 0.6) is 0 Å². The fourth-order valence-electron chi connectivity index (χ4n) is 9.70. The number of amides is 1. The van der Waals surface area contributed by atoms with Crippen LogP contribution in [0.2, 0.25) is 0 Å². The second-order valence-corrected chi connectivity index (χ2v) is 21.7. The maximum atomic E-state index is 12.5. The molecule has 0 aliphatic heterocycles. The number of hydrogen-bond donors (Lipinski definition) is 3. The van der Waals surface area contributed by atoms with E-state index in [1.807, 2.05) is 0 Å². The molecule has 0 aromatic heterocycles. The summed E-state index contributed by atoms with van der Waals surface area (Å²) in [6.07, 6.45) is 78.3. The number of aliphatic hydroxyl groups excluding tert-OH is 2. The number of unbranched alkanes of at least 4 members (excludes halogenated alkanes) is 40. The smallest absolute Gasteiger partial charge is 0.305 e. The van der Waals surface area contributed by atoms with Gasteiger partial charge in [0.05, 0.1) is 25.4 Å². The van der Waals surface area contributed by atoms with Gasteiger partial charge in [0, 0.05) is 12.8 Å². The molecule has 1 amide bonds. The molecule has 0 aromatic rings. The van der Waals surface area contributed by atoms with E-state index in [4.69, 9.17) is 4.74 Å². The zero-order valence-corrected chi connectivity index (χ0v) is 48.2. The zero-order chi connectivity index (χ0) is 52.2. The highest BCUT2D eigenvalue weighted by Gasteiger charge is 2.20. The predicted molar refractivity (Wildman–Crippen MR) is 315 cm³/mol. The van der Waals surface area contributed by atoms with Crippen LogP contribution >= 0.6 is 0 Å². The summed E-state index contributed by atoms with van der Waals surface area (Å²) in [6.45, 7) is 4.90. The van der Waals surface area contributed by atoms with Crippen LogP contribution in [-0.2, 0) is 14.3 Å². The molecule has 0 aromatic carbocycles. The van der Waals surface area contributed by atoms with Crippen molar-refractivity contribution in [3.8, 4) is 0 Å². The van der Waals surface area contributed by atoms with Crippen molar-refractivity contribution >= 4 is 11.9 Å². The van der Waals surface area contributed by atoms with Crippen molar-refractivity contribution in [1.82, 2.24) is 5.32 Å². The number of rotatable bonds is 59. The Labute approximate surface area is 448 Å². The molecule has 0 aliphatic carbocycles. The Hall–Kier alpha value is -2.18. The molecule has 6 nitrogen and oxygen atoms in total. The summed E-state index contributed by atoms with van der Waals surface area (Å²) < 4.78 is 5.46. The predicted octanol–water partition coefficient (Wildman–Crippen LogP) is 20.1. The summed E-state index contributed by atoms with van der Waals surface area (Å²) in [6, 6.07) is -0.556.